The van der Waals surface area contributed by atoms with Gasteiger partial charge in [0.25, 0.3) is 0 Å². The highest BCUT2D eigenvalue weighted by Crippen LogP contribution is 2.48. The van der Waals surface area contributed by atoms with Crippen LogP contribution in [0.2, 0.25) is 0 Å². The first-order chi connectivity index (χ1) is 7.93. The molecule has 0 amide bonds. The average Bonchev–Trinajstić information content (AvgIpc) is 3.07. The summed E-state index contributed by atoms with van der Waals surface area (Å²) in [6.45, 7) is 0. The maximum Gasteiger partial charge on any atom is 0.238 e. The summed E-state index contributed by atoms with van der Waals surface area (Å²) in [5.41, 5.74) is 0.959. The molecular weight excluding hydrogens is 262 g/mol. The maximum atomic E-state index is 11.3. The average molecular weight is 274 g/mol. The van der Waals surface area contributed by atoms with E-state index in [4.69, 9.17) is 16.7 Å². The fraction of sp³-hybridized carbons (Fsp3) is 0.364. The molecule has 0 bridgehead atoms. The number of hydrogen-bond acceptors (Lipinski definition) is 3. The first-order valence-corrected chi connectivity index (χ1v) is 7.23. The van der Waals surface area contributed by atoms with E-state index in [1.54, 1.807) is 12.1 Å². The molecule has 0 spiro atoms. The molecule has 0 radical (unpaired) electrons. The van der Waals surface area contributed by atoms with Crippen LogP contribution in [0.25, 0.3) is 0 Å². The van der Waals surface area contributed by atoms with Crippen LogP contribution in [-0.4, -0.2) is 20.1 Å². The van der Waals surface area contributed by atoms with Gasteiger partial charge in [0.2, 0.25) is 10.0 Å². The van der Waals surface area contributed by atoms with Gasteiger partial charge < -0.3 is 0 Å². The van der Waals surface area contributed by atoms with E-state index in [0.717, 1.165) is 12.0 Å². The molecule has 2 atom stereocenters. The Bertz CT molecular complexity index is 538. The van der Waals surface area contributed by atoms with Crippen molar-refractivity contribution in [2.75, 3.05) is 5.88 Å². The standard InChI is InChI=1S/C11H12ClNO3S/c12-6-11(14)10-5-9(10)7-1-3-8(4-2-7)17(13,15)16/h1-4,9-10H,5-6H2,(H2,13,15,16)/t9-,10+/m0/s1. The molecule has 1 aliphatic rings. The van der Waals surface area contributed by atoms with E-state index in [1.807, 2.05) is 0 Å². The highest BCUT2D eigenvalue weighted by molar-refractivity contribution is 7.89. The number of benzene rings is 1. The Labute approximate surface area is 105 Å². The van der Waals surface area contributed by atoms with Crippen LogP contribution in [0.3, 0.4) is 0 Å². The molecule has 1 saturated carbocycles. The summed E-state index contributed by atoms with van der Waals surface area (Å²) in [4.78, 5) is 11.4. The topological polar surface area (TPSA) is 77.2 Å². The van der Waals surface area contributed by atoms with Gasteiger partial charge in [0.15, 0.2) is 5.78 Å². The van der Waals surface area contributed by atoms with Gasteiger partial charge in [-0.15, -0.1) is 11.6 Å². The van der Waals surface area contributed by atoms with Gasteiger partial charge in [-0.1, -0.05) is 12.1 Å². The first-order valence-electron chi connectivity index (χ1n) is 5.15. The number of rotatable bonds is 4. The fourth-order valence-corrected chi connectivity index (χ4v) is 2.64. The van der Waals surface area contributed by atoms with E-state index in [0.29, 0.717) is 0 Å². The van der Waals surface area contributed by atoms with Gasteiger partial charge in [0.05, 0.1) is 10.8 Å². The molecule has 6 heteroatoms. The van der Waals surface area contributed by atoms with Gasteiger partial charge in [-0.2, -0.15) is 0 Å². The highest BCUT2D eigenvalue weighted by Gasteiger charge is 2.42. The third-order valence-electron chi connectivity index (χ3n) is 2.97. The Morgan fingerprint density at radius 2 is 1.94 bits per heavy atom. The molecule has 2 N–H and O–H groups in total. The molecule has 1 fully saturated rings. The van der Waals surface area contributed by atoms with Crippen LogP contribution in [0.15, 0.2) is 29.2 Å². The van der Waals surface area contributed by atoms with Crippen molar-refractivity contribution >= 4 is 27.4 Å². The summed E-state index contributed by atoms with van der Waals surface area (Å²) in [5.74, 6) is 0.256. The number of halogens is 1. The normalized spacial score (nSPS) is 23.4. The van der Waals surface area contributed by atoms with Crippen LogP contribution in [0, 0.1) is 5.92 Å². The van der Waals surface area contributed by atoms with E-state index < -0.39 is 10.0 Å². The lowest BCUT2D eigenvalue weighted by Crippen LogP contribution is -2.11. The number of nitrogens with two attached hydrogens (primary N) is 1. The number of carbonyl (C=O) groups is 1. The first kappa shape index (κ1) is 12.5. The minimum atomic E-state index is -3.65. The summed E-state index contributed by atoms with van der Waals surface area (Å²) in [6, 6.07) is 6.33. The third-order valence-corrected chi connectivity index (χ3v) is 4.17. The van der Waals surface area contributed by atoms with Crippen molar-refractivity contribution in [1.82, 2.24) is 0 Å². The lowest BCUT2D eigenvalue weighted by molar-refractivity contribution is -0.117. The molecule has 0 heterocycles. The molecular formula is C11H12ClNO3S. The largest absolute Gasteiger partial charge is 0.298 e. The zero-order valence-corrected chi connectivity index (χ0v) is 10.5. The van der Waals surface area contributed by atoms with Crippen molar-refractivity contribution < 1.29 is 13.2 Å². The van der Waals surface area contributed by atoms with Crippen molar-refractivity contribution in [3.05, 3.63) is 29.8 Å². The zero-order chi connectivity index (χ0) is 12.6. The van der Waals surface area contributed by atoms with Crippen LogP contribution in [0.5, 0.6) is 0 Å². The van der Waals surface area contributed by atoms with Gasteiger partial charge in [-0.3, -0.25) is 4.79 Å². The number of primary sulfonamides is 1. The molecule has 92 valence electrons. The summed E-state index contributed by atoms with van der Waals surface area (Å²) < 4.78 is 22.1. The van der Waals surface area contributed by atoms with Crippen molar-refractivity contribution in [3.8, 4) is 0 Å². The number of sulfonamides is 1. The predicted molar refractivity (Wildman–Crippen MR) is 64.4 cm³/mol. The van der Waals surface area contributed by atoms with E-state index in [2.05, 4.69) is 0 Å². The molecule has 1 aliphatic carbocycles. The molecule has 0 saturated heterocycles. The Hall–Kier alpha value is -0.910. The number of carbonyl (C=O) groups excluding carboxylic acids is 1. The van der Waals surface area contributed by atoms with E-state index in [-0.39, 0.29) is 28.4 Å². The molecule has 2 rings (SSSR count). The Balaban J connectivity index is 2.14. The predicted octanol–water partition coefficient (Wildman–Crippen LogP) is 1.25. The summed E-state index contributed by atoms with van der Waals surface area (Å²) in [6.07, 6.45) is 0.792. The Morgan fingerprint density at radius 3 is 2.41 bits per heavy atom. The lowest BCUT2D eigenvalue weighted by Gasteiger charge is -2.01. The lowest BCUT2D eigenvalue weighted by atomic mass is 10.1. The third kappa shape index (κ3) is 2.68. The van der Waals surface area contributed by atoms with E-state index in [9.17, 15) is 13.2 Å². The molecule has 1 aromatic carbocycles. The van der Waals surface area contributed by atoms with E-state index in [1.165, 1.54) is 12.1 Å². The minimum absolute atomic E-state index is 0.00664. The number of alkyl halides is 1. The molecule has 0 aromatic heterocycles. The van der Waals surface area contributed by atoms with E-state index >= 15 is 0 Å². The van der Waals surface area contributed by atoms with Gasteiger partial charge in [-0.25, -0.2) is 13.6 Å². The summed E-state index contributed by atoms with van der Waals surface area (Å²) >= 11 is 5.48. The fourth-order valence-electron chi connectivity index (χ4n) is 1.92. The number of ketones is 1. The second-order valence-electron chi connectivity index (χ2n) is 4.16. The van der Waals surface area contributed by atoms with Crippen molar-refractivity contribution in [2.24, 2.45) is 11.1 Å². The Morgan fingerprint density at radius 1 is 1.35 bits per heavy atom. The van der Waals surface area contributed by atoms with Crippen molar-refractivity contribution in [1.29, 1.82) is 0 Å². The summed E-state index contributed by atoms with van der Waals surface area (Å²) in [5, 5.41) is 5.00. The smallest absolute Gasteiger partial charge is 0.238 e. The molecule has 0 unspecified atom stereocenters. The number of hydrogen-bond donors (Lipinski definition) is 1. The van der Waals surface area contributed by atoms with Gasteiger partial charge in [0.1, 0.15) is 0 Å². The second-order valence-corrected chi connectivity index (χ2v) is 5.99. The van der Waals surface area contributed by atoms with Gasteiger partial charge in [0, 0.05) is 5.92 Å². The minimum Gasteiger partial charge on any atom is -0.298 e. The quantitative estimate of drug-likeness (QED) is 0.839. The summed E-state index contributed by atoms with van der Waals surface area (Å²) in [7, 11) is -3.65. The van der Waals surface area contributed by atoms with Crippen molar-refractivity contribution in [3.63, 3.8) is 0 Å². The SMILES string of the molecule is NS(=O)(=O)c1ccc([C@@H]2C[C@H]2C(=O)CCl)cc1. The van der Waals surface area contributed by atoms with Crippen molar-refractivity contribution in [2.45, 2.75) is 17.2 Å². The molecule has 1 aromatic rings. The van der Waals surface area contributed by atoms with Gasteiger partial charge >= 0.3 is 0 Å². The maximum absolute atomic E-state index is 11.3. The zero-order valence-electron chi connectivity index (χ0n) is 8.97. The highest BCUT2D eigenvalue weighted by atomic mass is 35.5. The van der Waals surface area contributed by atoms with Gasteiger partial charge in [-0.05, 0) is 30.0 Å². The van der Waals surface area contributed by atoms with Crippen LogP contribution in [-0.2, 0) is 14.8 Å². The molecule has 0 aliphatic heterocycles. The second kappa shape index (κ2) is 4.40. The van der Waals surface area contributed by atoms with Crippen LogP contribution in [0.4, 0.5) is 0 Å². The monoisotopic (exact) mass is 273 g/mol. The molecule has 4 nitrogen and oxygen atoms in total. The van der Waals surface area contributed by atoms with Crippen LogP contribution >= 0.6 is 11.6 Å². The number of Topliss-reactive ketones (excluding diaryl/α,β-unsaturated/α-hetero) is 1. The van der Waals surface area contributed by atoms with Crippen LogP contribution < -0.4 is 5.14 Å². The Kier molecular flexibility index (Phi) is 3.25. The van der Waals surface area contributed by atoms with Crippen LogP contribution in [0.1, 0.15) is 17.9 Å². The molecule has 17 heavy (non-hydrogen) atoms.